The van der Waals surface area contributed by atoms with E-state index in [1.54, 1.807) is 0 Å². The van der Waals surface area contributed by atoms with Crippen LogP contribution in [0.15, 0.2) is 0 Å². The van der Waals surface area contributed by atoms with Gasteiger partial charge >= 0.3 is 0 Å². The van der Waals surface area contributed by atoms with Crippen molar-refractivity contribution in [1.29, 1.82) is 0 Å². The van der Waals surface area contributed by atoms with Crippen LogP contribution in [0.1, 0.15) is 47.0 Å². The quantitative estimate of drug-likeness (QED) is 0.593. The molecule has 0 bridgehead atoms. The molecule has 0 aromatic heterocycles. The van der Waals surface area contributed by atoms with Gasteiger partial charge in [0.1, 0.15) is 0 Å². The summed E-state index contributed by atoms with van der Waals surface area (Å²) in [7, 11) is -2.96. The third kappa shape index (κ3) is 12.8. The second-order valence-electron chi connectivity index (χ2n) is 5.73. The van der Waals surface area contributed by atoms with E-state index in [1.807, 2.05) is 25.6 Å². The minimum absolute atomic E-state index is 0.0237. The van der Waals surface area contributed by atoms with Crippen LogP contribution in [0.4, 0.5) is 0 Å². The number of sulfone groups is 1. The van der Waals surface area contributed by atoms with Gasteiger partial charge in [-0.05, 0) is 29.8 Å². The number of rotatable bonds is 11. The highest BCUT2D eigenvalue weighted by Crippen LogP contribution is 2.11. The highest BCUT2D eigenvalue weighted by molar-refractivity contribution is 7.99. The molecule has 0 aliphatic rings. The molecule has 1 amide bonds. The van der Waals surface area contributed by atoms with Gasteiger partial charge in [-0.2, -0.15) is 11.8 Å². The molecule has 20 heavy (non-hydrogen) atoms. The molecule has 120 valence electrons. The third-order valence-electron chi connectivity index (χ3n) is 2.54. The molecule has 0 unspecified atom stereocenters. The normalized spacial score (nSPS) is 12.1. The summed E-state index contributed by atoms with van der Waals surface area (Å²) in [6, 6.07) is 0. The number of hydrogen-bond donors (Lipinski definition) is 1. The predicted octanol–water partition coefficient (Wildman–Crippen LogP) is 2.49. The number of amides is 1. The smallest absolute Gasteiger partial charge is 0.220 e. The Morgan fingerprint density at radius 2 is 1.80 bits per heavy atom. The summed E-state index contributed by atoms with van der Waals surface area (Å²) in [5, 5.41) is 3.39. The van der Waals surface area contributed by atoms with Crippen molar-refractivity contribution in [3.05, 3.63) is 0 Å². The van der Waals surface area contributed by atoms with Crippen LogP contribution in [-0.2, 0) is 14.6 Å². The van der Waals surface area contributed by atoms with Gasteiger partial charge in [0.05, 0.1) is 11.5 Å². The lowest BCUT2D eigenvalue weighted by atomic mass is 10.3. The number of carbonyl (C=O) groups excluding carboxylic acids is 1. The minimum atomic E-state index is -2.96. The van der Waals surface area contributed by atoms with Crippen molar-refractivity contribution < 1.29 is 13.2 Å². The van der Waals surface area contributed by atoms with E-state index in [0.717, 1.165) is 12.2 Å². The average molecular weight is 324 g/mol. The van der Waals surface area contributed by atoms with Crippen molar-refractivity contribution in [3.63, 3.8) is 0 Å². The standard InChI is InChI=1S/C14H29NO3S2/c1-12(2)11-20(17,18)10-6-8-15-14(16)7-5-9-19-13(3)4/h12-13H,5-11H2,1-4H3,(H,15,16). The van der Waals surface area contributed by atoms with Gasteiger partial charge in [0.25, 0.3) is 0 Å². The SMILES string of the molecule is CC(C)CS(=O)(=O)CCCNC(=O)CCCSC(C)C. The van der Waals surface area contributed by atoms with Gasteiger partial charge < -0.3 is 5.32 Å². The van der Waals surface area contributed by atoms with E-state index in [9.17, 15) is 13.2 Å². The van der Waals surface area contributed by atoms with Crippen LogP contribution < -0.4 is 5.32 Å². The molecule has 4 nitrogen and oxygen atoms in total. The van der Waals surface area contributed by atoms with Crippen molar-refractivity contribution in [3.8, 4) is 0 Å². The summed E-state index contributed by atoms with van der Waals surface area (Å²) in [6.07, 6.45) is 1.90. The van der Waals surface area contributed by atoms with Gasteiger partial charge in [0.15, 0.2) is 9.84 Å². The first kappa shape index (κ1) is 19.8. The Hall–Kier alpha value is -0.230. The summed E-state index contributed by atoms with van der Waals surface area (Å²) in [5.74, 6) is 1.57. The molecule has 0 atom stereocenters. The molecule has 0 radical (unpaired) electrons. The number of hydrogen-bond acceptors (Lipinski definition) is 4. The third-order valence-corrected chi connectivity index (χ3v) is 5.82. The maximum absolute atomic E-state index is 11.6. The largest absolute Gasteiger partial charge is 0.356 e. The molecule has 1 N–H and O–H groups in total. The molecule has 0 aromatic rings. The fourth-order valence-electron chi connectivity index (χ4n) is 1.75. The molecule has 0 spiro atoms. The summed E-state index contributed by atoms with van der Waals surface area (Å²) in [6.45, 7) is 8.53. The number of carbonyl (C=O) groups is 1. The van der Waals surface area contributed by atoms with Crippen LogP contribution in [0.25, 0.3) is 0 Å². The lowest BCUT2D eigenvalue weighted by Crippen LogP contribution is -2.26. The Bertz CT molecular complexity index is 365. The van der Waals surface area contributed by atoms with E-state index in [4.69, 9.17) is 0 Å². The van der Waals surface area contributed by atoms with Gasteiger partial charge in [-0.1, -0.05) is 27.7 Å². The zero-order chi connectivity index (χ0) is 15.6. The Labute approximate surface area is 128 Å². The fourth-order valence-corrected chi connectivity index (χ4v) is 4.30. The first-order valence-corrected chi connectivity index (χ1v) is 10.2. The highest BCUT2D eigenvalue weighted by atomic mass is 32.2. The van der Waals surface area contributed by atoms with Crippen LogP contribution in [-0.4, -0.2) is 43.4 Å². The topological polar surface area (TPSA) is 63.2 Å². The molecule has 0 aliphatic heterocycles. The van der Waals surface area contributed by atoms with Crippen molar-refractivity contribution in [2.45, 2.75) is 52.2 Å². The van der Waals surface area contributed by atoms with E-state index < -0.39 is 9.84 Å². The number of thioether (sulfide) groups is 1. The summed E-state index contributed by atoms with van der Waals surface area (Å²) >= 11 is 1.85. The number of nitrogens with one attached hydrogen (secondary N) is 1. The van der Waals surface area contributed by atoms with Crippen LogP contribution in [0.3, 0.4) is 0 Å². The van der Waals surface area contributed by atoms with Crippen LogP contribution in [0.2, 0.25) is 0 Å². The van der Waals surface area contributed by atoms with Crippen LogP contribution in [0.5, 0.6) is 0 Å². The molecule has 0 rings (SSSR count). The van der Waals surface area contributed by atoms with Crippen LogP contribution in [0, 0.1) is 5.92 Å². The maximum Gasteiger partial charge on any atom is 0.220 e. The second kappa shape index (κ2) is 10.5. The molecular formula is C14H29NO3S2. The lowest BCUT2D eigenvalue weighted by Gasteiger charge is -2.08. The first-order valence-electron chi connectivity index (χ1n) is 7.31. The first-order chi connectivity index (χ1) is 9.23. The van der Waals surface area contributed by atoms with E-state index in [0.29, 0.717) is 24.6 Å². The van der Waals surface area contributed by atoms with Gasteiger partial charge in [0, 0.05) is 13.0 Å². The van der Waals surface area contributed by atoms with Gasteiger partial charge in [-0.3, -0.25) is 4.79 Å². The summed E-state index contributed by atoms with van der Waals surface area (Å²) in [5.41, 5.74) is 0. The van der Waals surface area contributed by atoms with E-state index >= 15 is 0 Å². The Kier molecular flexibility index (Phi) is 10.4. The Morgan fingerprint density at radius 3 is 2.35 bits per heavy atom. The van der Waals surface area contributed by atoms with Crippen molar-refractivity contribution in [2.75, 3.05) is 23.8 Å². The predicted molar refractivity (Wildman–Crippen MR) is 87.9 cm³/mol. The zero-order valence-corrected chi connectivity index (χ0v) is 14.8. The molecule has 0 saturated carbocycles. The minimum Gasteiger partial charge on any atom is -0.356 e. The second-order valence-corrected chi connectivity index (χ2v) is 9.65. The van der Waals surface area contributed by atoms with Crippen molar-refractivity contribution >= 4 is 27.5 Å². The zero-order valence-electron chi connectivity index (χ0n) is 13.1. The molecule has 0 aromatic carbocycles. The Morgan fingerprint density at radius 1 is 1.15 bits per heavy atom. The van der Waals surface area contributed by atoms with Crippen molar-refractivity contribution in [1.82, 2.24) is 5.32 Å². The molecule has 6 heteroatoms. The van der Waals surface area contributed by atoms with Gasteiger partial charge in [0.2, 0.25) is 5.91 Å². The monoisotopic (exact) mass is 323 g/mol. The molecule has 0 saturated heterocycles. The summed E-state index contributed by atoms with van der Waals surface area (Å²) < 4.78 is 23.3. The van der Waals surface area contributed by atoms with Gasteiger partial charge in [-0.25, -0.2) is 8.42 Å². The van der Waals surface area contributed by atoms with Gasteiger partial charge in [-0.15, -0.1) is 0 Å². The highest BCUT2D eigenvalue weighted by Gasteiger charge is 2.12. The van der Waals surface area contributed by atoms with E-state index in [2.05, 4.69) is 19.2 Å². The van der Waals surface area contributed by atoms with Crippen molar-refractivity contribution in [2.24, 2.45) is 5.92 Å². The molecule has 0 aliphatic carbocycles. The Balaban J connectivity index is 3.62. The molecule has 0 fully saturated rings. The summed E-state index contributed by atoms with van der Waals surface area (Å²) in [4.78, 5) is 11.5. The van der Waals surface area contributed by atoms with Crippen LogP contribution >= 0.6 is 11.8 Å². The molecule has 0 heterocycles. The molecular weight excluding hydrogens is 294 g/mol. The van der Waals surface area contributed by atoms with E-state index in [-0.39, 0.29) is 23.3 Å². The lowest BCUT2D eigenvalue weighted by molar-refractivity contribution is -0.121. The average Bonchev–Trinajstić information content (AvgIpc) is 2.28. The van der Waals surface area contributed by atoms with E-state index in [1.165, 1.54) is 0 Å². The fraction of sp³-hybridized carbons (Fsp3) is 0.929. The maximum atomic E-state index is 11.6.